The van der Waals surface area contributed by atoms with Gasteiger partial charge in [0.1, 0.15) is 5.75 Å². The highest BCUT2D eigenvalue weighted by atomic mass is 79.9. The SMILES string of the molecule is CCCCOc1ccccc1NC(=O)CNc1cccc(Br)c1. The van der Waals surface area contributed by atoms with Crippen LogP contribution in [0.3, 0.4) is 0 Å². The van der Waals surface area contributed by atoms with E-state index >= 15 is 0 Å². The molecule has 0 atom stereocenters. The molecule has 0 bridgehead atoms. The van der Waals surface area contributed by atoms with Crippen LogP contribution in [0.2, 0.25) is 0 Å². The minimum absolute atomic E-state index is 0.114. The maximum atomic E-state index is 12.1. The first-order valence-corrected chi connectivity index (χ1v) is 8.49. The summed E-state index contributed by atoms with van der Waals surface area (Å²) >= 11 is 3.41. The van der Waals surface area contributed by atoms with Crippen molar-refractivity contribution in [2.45, 2.75) is 19.8 Å². The van der Waals surface area contributed by atoms with Gasteiger partial charge in [0, 0.05) is 10.2 Å². The number of hydrogen-bond donors (Lipinski definition) is 2. The Kier molecular flexibility index (Phi) is 6.94. The fourth-order valence-corrected chi connectivity index (χ4v) is 2.40. The average Bonchev–Trinajstić information content (AvgIpc) is 2.55. The Bertz CT molecular complexity index is 646. The highest BCUT2D eigenvalue weighted by molar-refractivity contribution is 9.10. The van der Waals surface area contributed by atoms with Crippen molar-refractivity contribution >= 4 is 33.2 Å². The van der Waals surface area contributed by atoms with Gasteiger partial charge in [0.25, 0.3) is 0 Å². The molecule has 0 heterocycles. The van der Waals surface area contributed by atoms with E-state index < -0.39 is 0 Å². The number of halogens is 1. The molecule has 0 aliphatic rings. The number of carbonyl (C=O) groups excluding carboxylic acids is 1. The molecule has 2 N–H and O–H groups in total. The lowest BCUT2D eigenvalue weighted by molar-refractivity contribution is -0.114. The van der Waals surface area contributed by atoms with Gasteiger partial charge < -0.3 is 15.4 Å². The molecule has 0 unspecified atom stereocenters. The van der Waals surface area contributed by atoms with E-state index in [4.69, 9.17) is 4.74 Å². The van der Waals surface area contributed by atoms with Gasteiger partial charge in [-0.25, -0.2) is 0 Å². The van der Waals surface area contributed by atoms with Crippen molar-refractivity contribution in [1.82, 2.24) is 0 Å². The van der Waals surface area contributed by atoms with Crippen molar-refractivity contribution in [2.24, 2.45) is 0 Å². The summed E-state index contributed by atoms with van der Waals surface area (Å²) in [6, 6.07) is 15.2. The lowest BCUT2D eigenvalue weighted by Gasteiger charge is -2.13. The van der Waals surface area contributed by atoms with E-state index in [1.807, 2.05) is 48.5 Å². The zero-order chi connectivity index (χ0) is 16.5. The average molecular weight is 377 g/mol. The van der Waals surface area contributed by atoms with Gasteiger partial charge >= 0.3 is 0 Å². The van der Waals surface area contributed by atoms with Crippen molar-refractivity contribution in [3.8, 4) is 5.75 Å². The highest BCUT2D eigenvalue weighted by Crippen LogP contribution is 2.24. The second-order valence-electron chi connectivity index (χ2n) is 5.11. The van der Waals surface area contributed by atoms with Crippen LogP contribution in [0.5, 0.6) is 5.75 Å². The zero-order valence-electron chi connectivity index (χ0n) is 13.1. The minimum Gasteiger partial charge on any atom is -0.491 e. The van der Waals surface area contributed by atoms with Gasteiger partial charge in [0.15, 0.2) is 0 Å². The van der Waals surface area contributed by atoms with Crippen LogP contribution in [-0.4, -0.2) is 19.1 Å². The number of anilines is 2. The number of unbranched alkanes of at least 4 members (excludes halogenated alkanes) is 1. The monoisotopic (exact) mass is 376 g/mol. The van der Waals surface area contributed by atoms with Gasteiger partial charge in [0.2, 0.25) is 5.91 Å². The van der Waals surface area contributed by atoms with Crippen LogP contribution in [0.15, 0.2) is 53.0 Å². The van der Waals surface area contributed by atoms with E-state index in [9.17, 15) is 4.79 Å². The minimum atomic E-state index is -0.114. The van der Waals surface area contributed by atoms with Crippen LogP contribution in [0.25, 0.3) is 0 Å². The molecule has 0 fully saturated rings. The molecule has 0 saturated heterocycles. The Hall–Kier alpha value is -2.01. The zero-order valence-corrected chi connectivity index (χ0v) is 14.7. The normalized spacial score (nSPS) is 10.2. The molecule has 0 spiro atoms. The molecule has 2 aromatic carbocycles. The first kappa shape index (κ1) is 17.3. The van der Waals surface area contributed by atoms with Gasteiger partial charge in [-0.1, -0.05) is 47.5 Å². The molecule has 0 radical (unpaired) electrons. The van der Waals surface area contributed by atoms with Crippen LogP contribution >= 0.6 is 15.9 Å². The maximum Gasteiger partial charge on any atom is 0.243 e. The van der Waals surface area contributed by atoms with Gasteiger partial charge in [0.05, 0.1) is 18.8 Å². The molecular weight excluding hydrogens is 356 g/mol. The lowest BCUT2D eigenvalue weighted by Crippen LogP contribution is -2.22. The van der Waals surface area contributed by atoms with Crippen molar-refractivity contribution < 1.29 is 9.53 Å². The summed E-state index contributed by atoms with van der Waals surface area (Å²) in [4.78, 5) is 12.1. The van der Waals surface area contributed by atoms with Gasteiger partial charge in [-0.05, 0) is 36.8 Å². The van der Waals surface area contributed by atoms with Crippen molar-refractivity contribution in [2.75, 3.05) is 23.8 Å². The molecular formula is C18H21BrN2O2. The maximum absolute atomic E-state index is 12.1. The van der Waals surface area contributed by atoms with Gasteiger partial charge in [-0.15, -0.1) is 0 Å². The van der Waals surface area contributed by atoms with Crippen LogP contribution in [0.4, 0.5) is 11.4 Å². The number of benzene rings is 2. The lowest BCUT2D eigenvalue weighted by atomic mass is 10.3. The number of amides is 1. The second-order valence-corrected chi connectivity index (χ2v) is 6.03. The quantitative estimate of drug-likeness (QED) is 0.657. The third kappa shape index (κ3) is 5.94. The summed E-state index contributed by atoms with van der Waals surface area (Å²) in [5.74, 6) is 0.591. The predicted octanol–water partition coefficient (Wildman–Crippen LogP) is 4.68. The van der Waals surface area contributed by atoms with Crippen LogP contribution in [0, 0.1) is 0 Å². The topological polar surface area (TPSA) is 50.4 Å². The number of ether oxygens (including phenoxy) is 1. The molecule has 122 valence electrons. The number of rotatable bonds is 8. The van der Waals surface area contributed by atoms with E-state index in [0.717, 1.165) is 23.0 Å². The fourth-order valence-electron chi connectivity index (χ4n) is 2.00. The molecule has 2 aromatic rings. The molecule has 0 aliphatic heterocycles. The van der Waals surface area contributed by atoms with Gasteiger partial charge in [-0.2, -0.15) is 0 Å². The number of para-hydroxylation sites is 2. The molecule has 0 aromatic heterocycles. The summed E-state index contributed by atoms with van der Waals surface area (Å²) in [5.41, 5.74) is 1.59. The second kappa shape index (κ2) is 9.20. The van der Waals surface area contributed by atoms with Crippen molar-refractivity contribution in [3.05, 3.63) is 53.0 Å². The summed E-state index contributed by atoms with van der Waals surface area (Å²) in [5, 5.41) is 5.98. The third-order valence-electron chi connectivity index (χ3n) is 3.19. The smallest absolute Gasteiger partial charge is 0.243 e. The predicted molar refractivity (Wildman–Crippen MR) is 98.1 cm³/mol. The van der Waals surface area contributed by atoms with Crippen molar-refractivity contribution in [3.63, 3.8) is 0 Å². The van der Waals surface area contributed by atoms with E-state index in [1.54, 1.807) is 0 Å². The van der Waals surface area contributed by atoms with Gasteiger partial charge in [-0.3, -0.25) is 4.79 Å². The summed E-state index contributed by atoms with van der Waals surface area (Å²) in [6.07, 6.45) is 2.07. The fraction of sp³-hybridized carbons (Fsp3) is 0.278. The number of carbonyl (C=O) groups is 1. The Morgan fingerprint density at radius 1 is 1.17 bits per heavy atom. The number of hydrogen-bond acceptors (Lipinski definition) is 3. The van der Waals surface area contributed by atoms with E-state index in [-0.39, 0.29) is 12.5 Å². The van der Waals surface area contributed by atoms with Crippen molar-refractivity contribution in [1.29, 1.82) is 0 Å². The standard InChI is InChI=1S/C18H21BrN2O2/c1-2-3-11-23-17-10-5-4-9-16(17)21-18(22)13-20-15-8-6-7-14(19)12-15/h4-10,12,20H,2-3,11,13H2,1H3,(H,21,22). The number of nitrogens with one attached hydrogen (secondary N) is 2. The molecule has 5 heteroatoms. The molecule has 4 nitrogen and oxygen atoms in total. The molecule has 23 heavy (non-hydrogen) atoms. The van der Waals surface area contributed by atoms with Crippen LogP contribution in [-0.2, 0) is 4.79 Å². The summed E-state index contributed by atoms with van der Waals surface area (Å²) in [6.45, 7) is 2.96. The van der Waals surface area contributed by atoms with E-state index in [1.165, 1.54) is 0 Å². The summed E-state index contributed by atoms with van der Waals surface area (Å²) < 4.78 is 6.69. The Labute approximate surface area is 145 Å². The molecule has 2 rings (SSSR count). The first-order valence-electron chi connectivity index (χ1n) is 7.70. The Morgan fingerprint density at radius 2 is 2.00 bits per heavy atom. The van der Waals surface area contributed by atoms with Crippen LogP contribution in [0.1, 0.15) is 19.8 Å². The molecule has 0 saturated carbocycles. The Balaban J connectivity index is 1.89. The third-order valence-corrected chi connectivity index (χ3v) is 3.69. The van der Waals surface area contributed by atoms with E-state index in [0.29, 0.717) is 18.0 Å². The highest BCUT2D eigenvalue weighted by Gasteiger charge is 2.07. The van der Waals surface area contributed by atoms with Crippen LogP contribution < -0.4 is 15.4 Å². The molecule has 1 amide bonds. The van der Waals surface area contributed by atoms with E-state index in [2.05, 4.69) is 33.5 Å². The summed E-state index contributed by atoms with van der Waals surface area (Å²) in [7, 11) is 0. The largest absolute Gasteiger partial charge is 0.491 e. The molecule has 0 aliphatic carbocycles. The Morgan fingerprint density at radius 3 is 2.78 bits per heavy atom. The first-order chi connectivity index (χ1) is 11.2.